The SMILES string of the molecule is CCNCc1csc(S(=O)(=O)N2CCc3sccc3C2)c1. The number of fused-ring (bicyclic) bond motifs is 1. The molecule has 0 bridgehead atoms. The Labute approximate surface area is 133 Å². The second-order valence-electron chi connectivity index (χ2n) is 5.01. The maximum Gasteiger partial charge on any atom is 0.252 e. The molecule has 3 rings (SSSR count). The molecule has 1 aliphatic rings. The van der Waals surface area contributed by atoms with Gasteiger partial charge in [0, 0.05) is 24.5 Å². The molecule has 0 saturated heterocycles. The minimum Gasteiger partial charge on any atom is -0.313 e. The van der Waals surface area contributed by atoms with Crippen LogP contribution in [-0.4, -0.2) is 25.8 Å². The number of rotatable bonds is 5. The second-order valence-corrected chi connectivity index (χ2v) is 9.09. The molecule has 0 radical (unpaired) electrons. The Bertz CT molecular complexity index is 718. The highest BCUT2D eigenvalue weighted by Crippen LogP contribution is 2.30. The highest BCUT2D eigenvalue weighted by molar-refractivity contribution is 7.91. The third kappa shape index (κ3) is 3.07. The standard InChI is InChI=1S/C14H18N2O2S3/c1-2-15-8-11-7-14(20-10-11)21(17,18)16-5-3-13-12(9-16)4-6-19-13/h4,6-7,10,15H,2-3,5,8-9H2,1H3. The van der Waals surface area contributed by atoms with Crippen LogP contribution >= 0.6 is 22.7 Å². The van der Waals surface area contributed by atoms with Crippen molar-refractivity contribution < 1.29 is 8.42 Å². The first-order chi connectivity index (χ1) is 10.1. The van der Waals surface area contributed by atoms with E-state index in [9.17, 15) is 8.42 Å². The van der Waals surface area contributed by atoms with Gasteiger partial charge in [0.05, 0.1) is 0 Å². The Hall–Kier alpha value is -0.730. The molecule has 21 heavy (non-hydrogen) atoms. The zero-order valence-electron chi connectivity index (χ0n) is 11.8. The van der Waals surface area contributed by atoms with Gasteiger partial charge in [-0.3, -0.25) is 0 Å². The number of hydrogen-bond acceptors (Lipinski definition) is 5. The molecule has 0 atom stereocenters. The number of nitrogens with one attached hydrogen (secondary N) is 1. The first-order valence-corrected chi connectivity index (χ1v) is 10.1. The van der Waals surface area contributed by atoms with Gasteiger partial charge in [0.2, 0.25) is 0 Å². The van der Waals surface area contributed by atoms with Gasteiger partial charge in [0.15, 0.2) is 0 Å². The summed E-state index contributed by atoms with van der Waals surface area (Å²) in [5.74, 6) is 0. The van der Waals surface area contributed by atoms with Gasteiger partial charge in [-0.2, -0.15) is 4.31 Å². The smallest absolute Gasteiger partial charge is 0.252 e. The quantitative estimate of drug-likeness (QED) is 0.909. The molecule has 114 valence electrons. The molecule has 0 fully saturated rings. The average Bonchev–Trinajstić information content (AvgIpc) is 3.13. The van der Waals surface area contributed by atoms with E-state index in [1.54, 1.807) is 21.7 Å². The molecule has 3 heterocycles. The van der Waals surface area contributed by atoms with Crippen molar-refractivity contribution in [2.24, 2.45) is 0 Å². The summed E-state index contributed by atoms with van der Waals surface area (Å²) in [5.41, 5.74) is 2.19. The molecule has 1 N–H and O–H groups in total. The summed E-state index contributed by atoms with van der Waals surface area (Å²) in [6, 6.07) is 3.83. The van der Waals surface area contributed by atoms with Crippen molar-refractivity contribution in [3.63, 3.8) is 0 Å². The zero-order valence-corrected chi connectivity index (χ0v) is 14.3. The first-order valence-electron chi connectivity index (χ1n) is 6.95. The summed E-state index contributed by atoms with van der Waals surface area (Å²) < 4.78 is 27.5. The Kier molecular flexibility index (Phi) is 4.46. The summed E-state index contributed by atoms with van der Waals surface area (Å²) in [4.78, 5) is 1.32. The van der Waals surface area contributed by atoms with E-state index in [0.717, 1.165) is 30.6 Å². The minimum atomic E-state index is -3.36. The van der Waals surface area contributed by atoms with Crippen LogP contribution in [-0.2, 0) is 29.5 Å². The molecule has 2 aromatic heterocycles. The Balaban J connectivity index is 1.79. The third-order valence-electron chi connectivity index (χ3n) is 3.58. The number of hydrogen-bond donors (Lipinski definition) is 1. The lowest BCUT2D eigenvalue weighted by Gasteiger charge is -2.25. The normalized spacial score (nSPS) is 16.0. The van der Waals surface area contributed by atoms with Gasteiger partial charge in [-0.25, -0.2) is 8.42 Å². The van der Waals surface area contributed by atoms with Gasteiger partial charge >= 0.3 is 0 Å². The molecule has 0 aromatic carbocycles. The van der Waals surface area contributed by atoms with Crippen LogP contribution in [0.2, 0.25) is 0 Å². The molecule has 0 saturated carbocycles. The van der Waals surface area contributed by atoms with Crippen molar-refractivity contribution in [2.45, 2.75) is 30.6 Å². The lowest BCUT2D eigenvalue weighted by atomic mass is 10.1. The van der Waals surface area contributed by atoms with Gasteiger partial charge in [-0.15, -0.1) is 22.7 Å². The molecule has 0 spiro atoms. The second kappa shape index (κ2) is 6.18. The summed E-state index contributed by atoms with van der Waals surface area (Å²) >= 11 is 3.04. The van der Waals surface area contributed by atoms with Crippen LogP contribution in [0, 0.1) is 0 Å². The molecule has 4 nitrogen and oxygen atoms in total. The summed E-state index contributed by atoms with van der Waals surface area (Å²) in [6.45, 7) is 4.72. The fourth-order valence-electron chi connectivity index (χ4n) is 2.41. The zero-order chi connectivity index (χ0) is 14.9. The van der Waals surface area contributed by atoms with Crippen molar-refractivity contribution in [3.8, 4) is 0 Å². The predicted molar refractivity (Wildman–Crippen MR) is 87.3 cm³/mol. The van der Waals surface area contributed by atoms with E-state index in [1.807, 2.05) is 23.8 Å². The fourth-order valence-corrected chi connectivity index (χ4v) is 6.08. The average molecular weight is 343 g/mol. The van der Waals surface area contributed by atoms with Crippen LogP contribution in [0.1, 0.15) is 22.9 Å². The number of thiophene rings is 2. The van der Waals surface area contributed by atoms with Gasteiger partial charge in [-0.05, 0) is 47.0 Å². The lowest BCUT2D eigenvalue weighted by Crippen LogP contribution is -2.34. The Morgan fingerprint density at radius 2 is 2.24 bits per heavy atom. The molecule has 0 amide bonds. The van der Waals surface area contributed by atoms with Crippen LogP contribution in [0.5, 0.6) is 0 Å². The van der Waals surface area contributed by atoms with E-state index in [4.69, 9.17) is 0 Å². The monoisotopic (exact) mass is 342 g/mol. The number of sulfonamides is 1. The molecule has 2 aromatic rings. The molecular formula is C14H18N2O2S3. The van der Waals surface area contributed by atoms with E-state index < -0.39 is 10.0 Å². The topological polar surface area (TPSA) is 49.4 Å². The van der Waals surface area contributed by atoms with Gasteiger partial charge in [0.25, 0.3) is 10.0 Å². The van der Waals surface area contributed by atoms with Crippen LogP contribution in [0.25, 0.3) is 0 Å². The molecule has 1 aliphatic heterocycles. The third-order valence-corrected chi connectivity index (χ3v) is 7.91. The minimum absolute atomic E-state index is 0.453. The van der Waals surface area contributed by atoms with E-state index in [0.29, 0.717) is 17.3 Å². The number of nitrogens with zero attached hydrogens (tertiary/aromatic N) is 1. The highest BCUT2D eigenvalue weighted by Gasteiger charge is 2.29. The molecular weight excluding hydrogens is 324 g/mol. The van der Waals surface area contributed by atoms with Gasteiger partial charge < -0.3 is 5.32 Å². The van der Waals surface area contributed by atoms with Crippen molar-refractivity contribution in [3.05, 3.63) is 38.9 Å². The molecule has 0 unspecified atom stereocenters. The maximum absolute atomic E-state index is 12.7. The van der Waals surface area contributed by atoms with E-state index in [2.05, 4.69) is 5.32 Å². The van der Waals surface area contributed by atoms with Crippen molar-refractivity contribution in [2.75, 3.05) is 13.1 Å². The van der Waals surface area contributed by atoms with E-state index in [1.165, 1.54) is 16.2 Å². The van der Waals surface area contributed by atoms with Crippen LogP contribution in [0.15, 0.2) is 27.1 Å². The largest absolute Gasteiger partial charge is 0.313 e. The fraction of sp³-hybridized carbons (Fsp3) is 0.429. The Morgan fingerprint density at radius 1 is 1.38 bits per heavy atom. The molecule has 0 aliphatic carbocycles. The van der Waals surface area contributed by atoms with Crippen molar-refractivity contribution in [1.29, 1.82) is 0 Å². The van der Waals surface area contributed by atoms with Crippen LogP contribution in [0.4, 0.5) is 0 Å². The summed E-state index contributed by atoms with van der Waals surface area (Å²) in [7, 11) is -3.36. The highest BCUT2D eigenvalue weighted by atomic mass is 32.2. The summed E-state index contributed by atoms with van der Waals surface area (Å²) in [5, 5.41) is 7.19. The van der Waals surface area contributed by atoms with Gasteiger partial charge in [0.1, 0.15) is 4.21 Å². The summed E-state index contributed by atoms with van der Waals surface area (Å²) in [6.07, 6.45) is 0.821. The predicted octanol–water partition coefficient (Wildman–Crippen LogP) is 2.67. The van der Waals surface area contributed by atoms with Crippen molar-refractivity contribution in [1.82, 2.24) is 9.62 Å². The van der Waals surface area contributed by atoms with Crippen LogP contribution in [0.3, 0.4) is 0 Å². The van der Waals surface area contributed by atoms with Crippen molar-refractivity contribution >= 4 is 32.7 Å². The first kappa shape index (κ1) is 15.2. The lowest BCUT2D eigenvalue weighted by molar-refractivity contribution is 0.395. The maximum atomic E-state index is 12.7. The van der Waals surface area contributed by atoms with E-state index in [-0.39, 0.29) is 0 Å². The molecule has 7 heteroatoms. The van der Waals surface area contributed by atoms with Crippen LogP contribution < -0.4 is 5.32 Å². The van der Waals surface area contributed by atoms with Gasteiger partial charge in [-0.1, -0.05) is 6.92 Å². The Morgan fingerprint density at radius 3 is 3.05 bits per heavy atom. The van der Waals surface area contributed by atoms with E-state index >= 15 is 0 Å².